The summed E-state index contributed by atoms with van der Waals surface area (Å²) in [5, 5.41) is 10.7. The number of fused-ring (bicyclic) bond motifs is 1. The third kappa shape index (κ3) is 5.36. The molecule has 2 bridgehead atoms. The molecule has 0 aromatic heterocycles. The van der Waals surface area contributed by atoms with Crippen molar-refractivity contribution >= 4 is 23.4 Å². The summed E-state index contributed by atoms with van der Waals surface area (Å²) in [6.45, 7) is 20.3. The first kappa shape index (κ1) is 33.7. The van der Waals surface area contributed by atoms with Crippen molar-refractivity contribution in [1.29, 1.82) is 0 Å². The van der Waals surface area contributed by atoms with Gasteiger partial charge in [-0.3, -0.25) is 14.4 Å². The average molecular weight is 610 g/mol. The maximum atomic E-state index is 14.8. The van der Waals surface area contributed by atoms with Gasteiger partial charge in [0, 0.05) is 24.8 Å². The van der Waals surface area contributed by atoms with Crippen LogP contribution in [0.3, 0.4) is 0 Å². The second-order valence-corrected chi connectivity index (χ2v) is 12.8. The Morgan fingerprint density at radius 2 is 1.75 bits per heavy atom. The number of rotatable bonds is 15. The summed E-state index contributed by atoms with van der Waals surface area (Å²) in [6.07, 6.45) is 5.63. The molecule has 1 aromatic carbocycles. The number of likely N-dealkylation sites (tertiary alicyclic amines) is 1. The minimum atomic E-state index is -1.18. The molecule has 3 fully saturated rings. The van der Waals surface area contributed by atoms with Crippen molar-refractivity contribution in [2.24, 2.45) is 17.8 Å². The van der Waals surface area contributed by atoms with Crippen LogP contribution in [0.15, 0.2) is 49.6 Å². The van der Waals surface area contributed by atoms with Gasteiger partial charge in [0.05, 0.1) is 36.7 Å². The molecule has 0 radical (unpaired) electrons. The first-order valence-corrected chi connectivity index (χ1v) is 16.2. The van der Waals surface area contributed by atoms with E-state index in [2.05, 4.69) is 13.2 Å². The molecule has 0 saturated carbocycles. The van der Waals surface area contributed by atoms with Gasteiger partial charge >= 0.3 is 0 Å². The summed E-state index contributed by atoms with van der Waals surface area (Å²) in [5.41, 5.74) is -1.40. The fraction of sp³-hybridized carbons (Fsp3) is 0.629. The van der Waals surface area contributed by atoms with Crippen LogP contribution < -0.4 is 9.64 Å². The minimum absolute atomic E-state index is 0.0750. The highest BCUT2D eigenvalue weighted by atomic mass is 16.5. The summed E-state index contributed by atoms with van der Waals surface area (Å²) in [5.74, 6) is -1.77. The monoisotopic (exact) mass is 609 g/mol. The van der Waals surface area contributed by atoms with E-state index < -0.39 is 35.1 Å². The van der Waals surface area contributed by atoms with Gasteiger partial charge < -0.3 is 29.3 Å². The molecule has 3 amide bonds. The first-order chi connectivity index (χ1) is 21.0. The summed E-state index contributed by atoms with van der Waals surface area (Å²) in [7, 11) is 0. The number of benzene rings is 1. The zero-order chi connectivity index (χ0) is 32.4. The number of hydrogen-bond donors (Lipinski definition) is 1. The Hall–Kier alpha value is -3.17. The van der Waals surface area contributed by atoms with E-state index in [0.717, 1.165) is 0 Å². The smallest absolute Gasteiger partial charge is 0.248 e. The molecule has 1 aromatic rings. The molecule has 9 heteroatoms. The standard InChI is InChI=1S/C35H51N3O6/c1-9-20-36(23(6)7)33(42)30-35-19-18-34(12-4,44-35)28(29(35)32(41)38(30)27(22-39)24(8)11-3)31(40)37(21-10-2)25-14-16-26(17-15-25)43-13-5/h9-10,14-17,23-24,27-30,39H,1-2,11-13,18-22H2,3-8H3/t24-,27-,28+,29-,30?,34-,35?/m0/s1. The van der Waals surface area contributed by atoms with Crippen molar-refractivity contribution in [1.82, 2.24) is 9.80 Å². The fourth-order valence-corrected chi connectivity index (χ4v) is 7.84. The van der Waals surface area contributed by atoms with E-state index in [1.165, 1.54) is 0 Å². The molecule has 1 spiro atoms. The summed E-state index contributed by atoms with van der Waals surface area (Å²) >= 11 is 0. The van der Waals surface area contributed by atoms with Crippen molar-refractivity contribution in [3.63, 3.8) is 0 Å². The quantitative estimate of drug-likeness (QED) is 0.292. The topological polar surface area (TPSA) is 99.6 Å². The number of anilines is 1. The van der Waals surface area contributed by atoms with Gasteiger partial charge in [0.2, 0.25) is 17.7 Å². The van der Waals surface area contributed by atoms with Crippen LogP contribution in [-0.2, 0) is 19.1 Å². The third-order valence-electron chi connectivity index (χ3n) is 10.2. The largest absolute Gasteiger partial charge is 0.494 e. The predicted molar refractivity (Wildman–Crippen MR) is 171 cm³/mol. The lowest BCUT2D eigenvalue weighted by Crippen LogP contribution is -2.60. The van der Waals surface area contributed by atoms with Crippen molar-refractivity contribution in [2.75, 3.05) is 31.2 Å². The molecule has 2 unspecified atom stereocenters. The van der Waals surface area contributed by atoms with Crippen LogP contribution in [0.2, 0.25) is 0 Å². The molecule has 9 nitrogen and oxygen atoms in total. The molecule has 3 saturated heterocycles. The van der Waals surface area contributed by atoms with E-state index in [9.17, 15) is 19.5 Å². The number of nitrogens with zero attached hydrogens (tertiary/aromatic N) is 3. The highest BCUT2D eigenvalue weighted by molar-refractivity contribution is 6.03. The van der Waals surface area contributed by atoms with Crippen LogP contribution in [0.4, 0.5) is 5.69 Å². The molecule has 4 rings (SSSR count). The number of ether oxygens (including phenoxy) is 2. The van der Waals surface area contributed by atoms with E-state index in [1.807, 2.05) is 65.8 Å². The van der Waals surface area contributed by atoms with Gasteiger partial charge in [0.15, 0.2) is 0 Å². The second kappa shape index (κ2) is 13.4. The number of hydrogen-bond acceptors (Lipinski definition) is 6. The maximum absolute atomic E-state index is 14.8. The SMILES string of the molecule is C=CCN(C(=O)[C@H]1[C@H]2C(=O)N([C@@H](CO)[C@@H](C)CC)C(C(=O)N(CC=C)C(C)C)C23CC[C@]1(CC)O3)c1ccc(OCC)cc1. The number of carbonyl (C=O) groups excluding carboxylic acids is 3. The van der Waals surface area contributed by atoms with E-state index in [4.69, 9.17) is 9.47 Å². The van der Waals surface area contributed by atoms with Gasteiger partial charge in [-0.1, -0.05) is 39.3 Å². The Balaban J connectivity index is 1.86. The normalized spacial score (nSPS) is 28.5. The number of carbonyl (C=O) groups is 3. The van der Waals surface area contributed by atoms with Crippen LogP contribution in [0.1, 0.15) is 67.2 Å². The van der Waals surface area contributed by atoms with E-state index in [-0.39, 0.29) is 42.8 Å². The Morgan fingerprint density at radius 3 is 2.27 bits per heavy atom. The van der Waals surface area contributed by atoms with E-state index in [1.54, 1.807) is 26.9 Å². The number of aliphatic hydroxyl groups is 1. The Kier molecular flexibility index (Phi) is 10.3. The van der Waals surface area contributed by atoms with Crippen molar-refractivity contribution in [2.45, 2.75) is 96.6 Å². The van der Waals surface area contributed by atoms with Gasteiger partial charge in [-0.25, -0.2) is 0 Å². The zero-order valence-corrected chi connectivity index (χ0v) is 27.3. The summed E-state index contributed by atoms with van der Waals surface area (Å²) in [4.78, 5) is 49.2. The molecular formula is C35H51N3O6. The number of aliphatic hydroxyl groups excluding tert-OH is 1. The van der Waals surface area contributed by atoms with E-state index in [0.29, 0.717) is 50.3 Å². The molecule has 0 aliphatic carbocycles. The highest BCUT2D eigenvalue weighted by Crippen LogP contribution is 2.65. The minimum Gasteiger partial charge on any atom is -0.494 e. The van der Waals surface area contributed by atoms with Crippen LogP contribution >= 0.6 is 0 Å². The highest BCUT2D eigenvalue weighted by Gasteiger charge is 2.79. The molecule has 3 heterocycles. The zero-order valence-electron chi connectivity index (χ0n) is 27.3. The van der Waals surface area contributed by atoms with Crippen LogP contribution in [-0.4, -0.2) is 88.3 Å². The van der Waals surface area contributed by atoms with Crippen molar-refractivity contribution in [3.8, 4) is 5.75 Å². The lowest BCUT2D eigenvalue weighted by molar-refractivity contribution is -0.158. The van der Waals surface area contributed by atoms with Crippen molar-refractivity contribution < 1.29 is 29.0 Å². The maximum Gasteiger partial charge on any atom is 0.248 e. The molecule has 44 heavy (non-hydrogen) atoms. The Labute approximate surface area is 262 Å². The first-order valence-electron chi connectivity index (χ1n) is 16.2. The molecular weight excluding hydrogens is 558 g/mol. The molecule has 1 N–H and O–H groups in total. The van der Waals surface area contributed by atoms with E-state index >= 15 is 0 Å². The van der Waals surface area contributed by atoms with Gasteiger partial charge in [-0.15, -0.1) is 13.2 Å². The third-order valence-corrected chi connectivity index (χ3v) is 10.2. The van der Waals surface area contributed by atoms with Crippen LogP contribution in [0.5, 0.6) is 5.75 Å². The predicted octanol–water partition coefficient (Wildman–Crippen LogP) is 4.59. The number of amides is 3. The summed E-state index contributed by atoms with van der Waals surface area (Å²) < 4.78 is 12.6. The van der Waals surface area contributed by atoms with Gasteiger partial charge in [0.25, 0.3) is 0 Å². The van der Waals surface area contributed by atoms with Gasteiger partial charge in [-0.2, -0.15) is 0 Å². The lowest BCUT2D eigenvalue weighted by Gasteiger charge is -2.42. The molecule has 242 valence electrons. The van der Waals surface area contributed by atoms with Crippen LogP contribution in [0, 0.1) is 17.8 Å². The second-order valence-electron chi connectivity index (χ2n) is 12.8. The van der Waals surface area contributed by atoms with Crippen LogP contribution in [0.25, 0.3) is 0 Å². The molecule has 3 aliphatic heterocycles. The van der Waals surface area contributed by atoms with Gasteiger partial charge in [0.1, 0.15) is 17.4 Å². The van der Waals surface area contributed by atoms with Crippen molar-refractivity contribution in [3.05, 3.63) is 49.6 Å². The van der Waals surface area contributed by atoms with Gasteiger partial charge in [-0.05, 0) is 70.2 Å². The fourth-order valence-electron chi connectivity index (χ4n) is 7.84. The average Bonchev–Trinajstić information content (AvgIpc) is 3.62. The summed E-state index contributed by atoms with van der Waals surface area (Å²) in [6, 6.07) is 5.62. The Bertz CT molecular complexity index is 1230. The Morgan fingerprint density at radius 1 is 1.09 bits per heavy atom. The molecule has 7 atom stereocenters. The lowest BCUT2D eigenvalue weighted by atomic mass is 9.64. The molecule has 3 aliphatic rings.